The second-order valence-electron chi connectivity index (χ2n) is 5.09. The van der Waals surface area contributed by atoms with Crippen LogP contribution in [0.1, 0.15) is 12.0 Å². The van der Waals surface area contributed by atoms with Crippen molar-refractivity contribution in [2.45, 2.75) is 12.8 Å². The van der Waals surface area contributed by atoms with E-state index in [-0.39, 0.29) is 6.61 Å². The van der Waals surface area contributed by atoms with Gasteiger partial charge in [0.05, 0.1) is 0 Å². The quantitative estimate of drug-likeness (QED) is 0.682. The fourth-order valence-electron chi connectivity index (χ4n) is 2.15. The Morgan fingerprint density at radius 1 is 1.26 bits per heavy atom. The van der Waals surface area contributed by atoms with Crippen LogP contribution in [0.15, 0.2) is 36.4 Å². The lowest BCUT2D eigenvalue weighted by Gasteiger charge is -2.22. The molecule has 1 aliphatic rings. The van der Waals surface area contributed by atoms with Crippen molar-refractivity contribution in [3.8, 4) is 5.75 Å². The summed E-state index contributed by atoms with van der Waals surface area (Å²) < 4.78 is 33.2. The topological polar surface area (TPSA) is 95.9 Å². The molecule has 0 saturated heterocycles. The maximum Gasteiger partial charge on any atom is 0.341 e. The van der Waals surface area contributed by atoms with Gasteiger partial charge in [0, 0.05) is 19.6 Å². The van der Waals surface area contributed by atoms with Crippen molar-refractivity contribution in [1.29, 1.82) is 0 Å². The predicted molar refractivity (Wildman–Crippen MR) is 85.5 cm³/mol. The van der Waals surface area contributed by atoms with E-state index in [0.29, 0.717) is 31.8 Å². The first-order valence-corrected chi connectivity index (χ1v) is 8.74. The maximum absolute atomic E-state index is 12.1. The highest BCUT2D eigenvalue weighted by atomic mass is 32.2. The van der Waals surface area contributed by atoms with Crippen LogP contribution in [0.4, 0.5) is 0 Å². The van der Waals surface area contributed by atoms with Crippen LogP contribution in [0.3, 0.4) is 0 Å². The highest BCUT2D eigenvalue weighted by Crippen LogP contribution is 2.12. The van der Waals surface area contributed by atoms with E-state index in [1.165, 1.54) is 4.31 Å². The van der Waals surface area contributed by atoms with Crippen molar-refractivity contribution in [2.24, 2.45) is 0 Å². The van der Waals surface area contributed by atoms with Crippen LogP contribution in [0.2, 0.25) is 0 Å². The molecule has 1 aromatic rings. The van der Waals surface area contributed by atoms with Gasteiger partial charge < -0.3 is 9.84 Å². The highest BCUT2D eigenvalue weighted by molar-refractivity contribution is 7.87. The van der Waals surface area contributed by atoms with Crippen LogP contribution in [-0.4, -0.2) is 50.0 Å². The van der Waals surface area contributed by atoms with Crippen LogP contribution < -0.4 is 9.46 Å². The average molecular weight is 340 g/mol. The Balaban J connectivity index is 1.79. The van der Waals surface area contributed by atoms with E-state index < -0.39 is 16.2 Å². The Bertz CT molecular complexity index is 655. The van der Waals surface area contributed by atoms with E-state index in [0.717, 1.165) is 12.0 Å². The minimum Gasteiger partial charge on any atom is -0.482 e. The van der Waals surface area contributed by atoms with Crippen molar-refractivity contribution in [1.82, 2.24) is 9.03 Å². The SMILES string of the molecule is O=C(O)COc1ccc(CCNS(=O)(=O)N2CC=CCC2)cc1. The molecule has 0 fully saturated rings. The smallest absolute Gasteiger partial charge is 0.341 e. The summed E-state index contributed by atoms with van der Waals surface area (Å²) in [6.45, 7) is 0.827. The normalized spacial score (nSPS) is 15.5. The summed E-state index contributed by atoms with van der Waals surface area (Å²) in [5.74, 6) is -0.562. The lowest BCUT2D eigenvalue weighted by atomic mass is 10.1. The number of carbonyl (C=O) groups is 1. The van der Waals surface area contributed by atoms with Gasteiger partial charge >= 0.3 is 5.97 Å². The molecule has 0 atom stereocenters. The van der Waals surface area contributed by atoms with Gasteiger partial charge in [-0.1, -0.05) is 24.3 Å². The summed E-state index contributed by atoms with van der Waals surface area (Å²) in [7, 11) is -3.44. The summed E-state index contributed by atoms with van der Waals surface area (Å²) >= 11 is 0. The van der Waals surface area contributed by atoms with E-state index in [4.69, 9.17) is 9.84 Å². The monoisotopic (exact) mass is 340 g/mol. The molecule has 0 amide bonds. The second-order valence-corrected chi connectivity index (χ2v) is 6.85. The zero-order valence-corrected chi connectivity index (χ0v) is 13.5. The number of hydrogen-bond donors (Lipinski definition) is 2. The van der Waals surface area contributed by atoms with E-state index in [9.17, 15) is 13.2 Å². The lowest BCUT2D eigenvalue weighted by molar-refractivity contribution is -0.139. The molecule has 2 rings (SSSR count). The van der Waals surface area contributed by atoms with Crippen molar-refractivity contribution in [3.63, 3.8) is 0 Å². The van der Waals surface area contributed by atoms with Gasteiger partial charge in [-0.05, 0) is 30.5 Å². The third kappa shape index (κ3) is 5.66. The Kier molecular flexibility index (Phi) is 6.14. The van der Waals surface area contributed by atoms with E-state index in [1.807, 2.05) is 12.2 Å². The molecule has 0 unspecified atom stereocenters. The average Bonchev–Trinajstić information content (AvgIpc) is 2.55. The summed E-state index contributed by atoms with van der Waals surface area (Å²) in [4.78, 5) is 10.4. The van der Waals surface area contributed by atoms with Crippen molar-refractivity contribution in [3.05, 3.63) is 42.0 Å². The summed E-state index contributed by atoms with van der Waals surface area (Å²) in [5, 5.41) is 8.53. The molecule has 0 bridgehead atoms. The lowest BCUT2D eigenvalue weighted by Crippen LogP contribution is -2.42. The van der Waals surface area contributed by atoms with Gasteiger partial charge in [-0.25, -0.2) is 9.52 Å². The first-order chi connectivity index (χ1) is 11.0. The second kappa shape index (κ2) is 8.09. The molecule has 2 N–H and O–H groups in total. The summed E-state index contributed by atoms with van der Waals surface area (Å²) in [5.41, 5.74) is 0.939. The third-order valence-corrected chi connectivity index (χ3v) is 4.93. The molecule has 0 radical (unpaired) electrons. The number of benzene rings is 1. The maximum atomic E-state index is 12.1. The number of carboxylic acids is 1. The molecular formula is C15H20N2O5S. The molecule has 0 aliphatic carbocycles. The Hall–Kier alpha value is -1.90. The molecule has 0 saturated carbocycles. The van der Waals surface area contributed by atoms with Crippen LogP contribution in [0.25, 0.3) is 0 Å². The van der Waals surface area contributed by atoms with Crippen LogP contribution in [0.5, 0.6) is 5.75 Å². The number of carboxylic acid groups (broad SMARTS) is 1. The van der Waals surface area contributed by atoms with Crippen LogP contribution in [-0.2, 0) is 21.4 Å². The number of nitrogens with zero attached hydrogens (tertiary/aromatic N) is 1. The molecule has 7 nitrogen and oxygen atoms in total. The van der Waals surface area contributed by atoms with Gasteiger partial charge in [0.25, 0.3) is 10.2 Å². The van der Waals surface area contributed by atoms with Gasteiger partial charge in [0.2, 0.25) is 0 Å². The first kappa shape index (κ1) is 17.5. The molecule has 0 spiro atoms. The third-order valence-electron chi connectivity index (χ3n) is 3.34. The van der Waals surface area contributed by atoms with Gasteiger partial charge in [0.1, 0.15) is 5.75 Å². The van der Waals surface area contributed by atoms with Gasteiger partial charge in [-0.15, -0.1) is 0 Å². The van der Waals surface area contributed by atoms with Crippen LogP contribution >= 0.6 is 0 Å². The minimum atomic E-state index is -3.44. The van der Waals surface area contributed by atoms with Crippen molar-refractivity contribution in [2.75, 3.05) is 26.2 Å². The Morgan fingerprint density at radius 3 is 2.61 bits per heavy atom. The Labute approximate surface area is 135 Å². The van der Waals surface area contributed by atoms with Gasteiger partial charge in [0.15, 0.2) is 6.61 Å². The largest absolute Gasteiger partial charge is 0.482 e. The predicted octanol–water partition coefficient (Wildman–Crippen LogP) is 0.789. The van der Waals surface area contributed by atoms with Gasteiger partial charge in [-0.3, -0.25) is 0 Å². The number of nitrogens with one attached hydrogen (secondary N) is 1. The van der Waals surface area contributed by atoms with E-state index in [2.05, 4.69) is 4.72 Å². The molecule has 23 heavy (non-hydrogen) atoms. The number of hydrogen-bond acceptors (Lipinski definition) is 4. The molecule has 1 aromatic carbocycles. The standard InChI is InChI=1S/C15H20N2O5S/c18-15(19)12-22-14-6-4-13(5-7-14)8-9-16-23(20,21)17-10-2-1-3-11-17/h1-2,4-7,16H,3,8-12H2,(H,18,19). The summed E-state index contributed by atoms with van der Waals surface area (Å²) in [6.07, 6.45) is 5.10. The number of ether oxygens (including phenoxy) is 1. The molecule has 0 aromatic heterocycles. The van der Waals surface area contributed by atoms with Crippen molar-refractivity contribution >= 4 is 16.2 Å². The molecule has 1 aliphatic heterocycles. The zero-order valence-electron chi connectivity index (χ0n) is 12.6. The fraction of sp³-hybridized carbons (Fsp3) is 0.400. The number of aliphatic carboxylic acids is 1. The van der Waals surface area contributed by atoms with E-state index >= 15 is 0 Å². The number of rotatable bonds is 8. The molecular weight excluding hydrogens is 320 g/mol. The fourth-order valence-corrected chi connectivity index (χ4v) is 3.32. The molecule has 126 valence electrons. The minimum absolute atomic E-state index is 0.303. The highest BCUT2D eigenvalue weighted by Gasteiger charge is 2.20. The van der Waals surface area contributed by atoms with Crippen molar-refractivity contribution < 1.29 is 23.1 Å². The zero-order chi connectivity index (χ0) is 16.7. The molecule has 1 heterocycles. The van der Waals surface area contributed by atoms with Gasteiger partial charge in [-0.2, -0.15) is 12.7 Å². The molecule has 8 heteroatoms. The van der Waals surface area contributed by atoms with Crippen LogP contribution in [0, 0.1) is 0 Å². The first-order valence-electron chi connectivity index (χ1n) is 7.30. The summed E-state index contributed by atoms with van der Waals surface area (Å²) in [6, 6.07) is 6.91. The van der Waals surface area contributed by atoms with E-state index in [1.54, 1.807) is 24.3 Å². The Morgan fingerprint density at radius 2 is 2.00 bits per heavy atom.